The summed E-state index contributed by atoms with van der Waals surface area (Å²) in [4.78, 5) is 9.88. The van der Waals surface area contributed by atoms with Crippen molar-refractivity contribution in [3.8, 4) is 0 Å². The lowest BCUT2D eigenvalue weighted by Crippen LogP contribution is -2.18. The van der Waals surface area contributed by atoms with Crippen molar-refractivity contribution in [1.29, 1.82) is 0 Å². The van der Waals surface area contributed by atoms with Crippen LogP contribution in [0.15, 0.2) is 23.8 Å². The van der Waals surface area contributed by atoms with Crippen LogP contribution in [0.1, 0.15) is 12.8 Å². The van der Waals surface area contributed by atoms with E-state index in [1.54, 1.807) is 0 Å². The van der Waals surface area contributed by atoms with Crippen molar-refractivity contribution in [2.45, 2.75) is 12.8 Å². The van der Waals surface area contributed by atoms with Gasteiger partial charge < -0.3 is 10.1 Å². The average Bonchev–Trinajstić information content (AvgIpc) is 2.19. The molecule has 0 atom stereocenters. The maximum absolute atomic E-state index is 9.88. The third-order valence-corrected chi connectivity index (χ3v) is 1.81. The van der Waals surface area contributed by atoms with Crippen LogP contribution in [-0.4, -0.2) is 26.2 Å². The van der Waals surface area contributed by atoms with Crippen molar-refractivity contribution in [3.63, 3.8) is 0 Å². The van der Waals surface area contributed by atoms with Gasteiger partial charge in [0.2, 0.25) is 6.41 Å². The number of nitrogens with one attached hydrogen (secondary N) is 1. The fraction of sp³-hybridized carbons (Fsp3) is 0.500. The van der Waals surface area contributed by atoms with E-state index in [2.05, 4.69) is 23.5 Å². The fourth-order valence-corrected chi connectivity index (χ4v) is 1.15. The second kappa shape index (κ2) is 6.43. The van der Waals surface area contributed by atoms with Crippen LogP contribution >= 0.6 is 0 Å². The molecular formula is C10H15NO2. The van der Waals surface area contributed by atoms with Crippen LogP contribution in [0.4, 0.5) is 0 Å². The van der Waals surface area contributed by atoms with E-state index in [1.807, 2.05) is 0 Å². The Bertz CT molecular complexity index is 209. The van der Waals surface area contributed by atoms with Crippen molar-refractivity contribution in [3.05, 3.63) is 23.8 Å². The minimum absolute atomic E-state index is 0.573. The lowest BCUT2D eigenvalue weighted by molar-refractivity contribution is -0.109. The first-order valence-corrected chi connectivity index (χ1v) is 4.54. The molecule has 0 saturated heterocycles. The van der Waals surface area contributed by atoms with Crippen LogP contribution in [0.3, 0.4) is 0 Å². The summed E-state index contributed by atoms with van der Waals surface area (Å²) in [7, 11) is 0. The summed E-state index contributed by atoms with van der Waals surface area (Å²) in [5, 5.41) is 2.54. The Labute approximate surface area is 78.5 Å². The molecule has 0 heterocycles. The minimum Gasteiger partial charge on any atom is -0.375 e. The van der Waals surface area contributed by atoms with Gasteiger partial charge in [-0.2, -0.15) is 0 Å². The van der Waals surface area contributed by atoms with E-state index >= 15 is 0 Å². The Balaban J connectivity index is 2.02. The van der Waals surface area contributed by atoms with Gasteiger partial charge in [0.1, 0.15) is 0 Å². The fourth-order valence-electron chi connectivity index (χ4n) is 1.15. The van der Waals surface area contributed by atoms with Crippen molar-refractivity contribution in [2.24, 2.45) is 0 Å². The molecule has 0 spiro atoms. The number of amides is 1. The van der Waals surface area contributed by atoms with Gasteiger partial charge in [-0.05, 0) is 18.4 Å². The Morgan fingerprint density at radius 3 is 3.15 bits per heavy atom. The zero-order valence-corrected chi connectivity index (χ0v) is 7.66. The van der Waals surface area contributed by atoms with E-state index < -0.39 is 0 Å². The SMILES string of the molecule is O=CNCCOCC1=CCCC=C1. The molecule has 0 unspecified atom stereocenters. The molecule has 0 fully saturated rings. The monoisotopic (exact) mass is 181 g/mol. The van der Waals surface area contributed by atoms with E-state index in [0.717, 1.165) is 12.8 Å². The van der Waals surface area contributed by atoms with Crippen LogP contribution in [0.25, 0.3) is 0 Å². The van der Waals surface area contributed by atoms with Crippen molar-refractivity contribution in [2.75, 3.05) is 19.8 Å². The smallest absolute Gasteiger partial charge is 0.207 e. The molecule has 3 nitrogen and oxygen atoms in total. The quantitative estimate of drug-likeness (QED) is 0.491. The molecule has 72 valence electrons. The molecule has 1 rings (SSSR count). The van der Waals surface area contributed by atoms with E-state index in [0.29, 0.717) is 26.2 Å². The molecule has 0 bridgehead atoms. The van der Waals surface area contributed by atoms with Crippen LogP contribution in [-0.2, 0) is 9.53 Å². The van der Waals surface area contributed by atoms with E-state index in [-0.39, 0.29) is 0 Å². The summed E-state index contributed by atoms with van der Waals surface area (Å²) < 4.78 is 5.33. The standard InChI is InChI=1S/C10H15NO2/c12-9-11-6-7-13-8-10-4-2-1-3-5-10/h2,4-5,9H,1,3,6-8H2,(H,11,12). The summed E-state index contributed by atoms with van der Waals surface area (Å²) in [5.41, 5.74) is 1.23. The predicted molar refractivity (Wildman–Crippen MR) is 51.3 cm³/mol. The first kappa shape index (κ1) is 9.99. The molecule has 3 heteroatoms. The number of carbonyl (C=O) groups excluding carboxylic acids is 1. The molecular weight excluding hydrogens is 166 g/mol. The lowest BCUT2D eigenvalue weighted by Gasteiger charge is -2.07. The molecule has 0 aliphatic heterocycles. The van der Waals surface area contributed by atoms with Crippen LogP contribution in [0.2, 0.25) is 0 Å². The lowest BCUT2D eigenvalue weighted by atomic mass is 10.1. The molecule has 0 aromatic rings. The topological polar surface area (TPSA) is 38.3 Å². The highest BCUT2D eigenvalue weighted by atomic mass is 16.5. The molecule has 0 saturated carbocycles. The van der Waals surface area contributed by atoms with E-state index in [4.69, 9.17) is 4.74 Å². The second-order valence-corrected chi connectivity index (χ2v) is 2.88. The number of carbonyl (C=O) groups is 1. The normalized spacial score (nSPS) is 15.2. The maximum Gasteiger partial charge on any atom is 0.207 e. The number of rotatable bonds is 6. The van der Waals surface area contributed by atoms with Crippen molar-refractivity contribution in [1.82, 2.24) is 5.32 Å². The second-order valence-electron chi connectivity index (χ2n) is 2.88. The highest BCUT2D eigenvalue weighted by Gasteiger charge is 1.96. The first-order chi connectivity index (χ1) is 6.43. The van der Waals surface area contributed by atoms with Gasteiger partial charge in [-0.3, -0.25) is 4.79 Å². The summed E-state index contributed by atoms with van der Waals surface area (Å²) in [6.07, 6.45) is 9.37. The van der Waals surface area contributed by atoms with E-state index in [9.17, 15) is 4.79 Å². The summed E-state index contributed by atoms with van der Waals surface area (Å²) >= 11 is 0. The number of allylic oxidation sites excluding steroid dienone is 2. The average molecular weight is 181 g/mol. The van der Waals surface area contributed by atoms with Gasteiger partial charge in [0, 0.05) is 6.54 Å². The summed E-state index contributed by atoms with van der Waals surface area (Å²) in [6.45, 7) is 1.81. The van der Waals surface area contributed by atoms with Gasteiger partial charge in [-0.1, -0.05) is 18.2 Å². The molecule has 1 N–H and O–H groups in total. The minimum atomic E-state index is 0.573. The number of hydrogen-bond acceptors (Lipinski definition) is 2. The molecule has 1 aliphatic carbocycles. The van der Waals surface area contributed by atoms with Crippen molar-refractivity contribution < 1.29 is 9.53 Å². The predicted octanol–water partition coefficient (Wildman–Crippen LogP) is 1.03. The van der Waals surface area contributed by atoms with Crippen LogP contribution < -0.4 is 5.32 Å². The van der Waals surface area contributed by atoms with Crippen LogP contribution in [0.5, 0.6) is 0 Å². The molecule has 0 aromatic carbocycles. The summed E-state index contributed by atoms with van der Waals surface area (Å²) in [5.74, 6) is 0. The van der Waals surface area contributed by atoms with Crippen molar-refractivity contribution >= 4 is 6.41 Å². The van der Waals surface area contributed by atoms with E-state index in [1.165, 1.54) is 5.57 Å². The first-order valence-electron chi connectivity index (χ1n) is 4.54. The van der Waals surface area contributed by atoms with Gasteiger partial charge in [-0.25, -0.2) is 0 Å². The molecule has 0 aromatic heterocycles. The highest BCUT2D eigenvalue weighted by molar-refractivity contribution is 5.45. The number of ether oxygens (including phenoxy) is 1. The zero-order chi connectivity index (χ0) is 9.36. The molecule has 1 aliphatic rings. The largest absolute Gasteiger partial charge is 0.375 e. The molecule has 1 amide bonds. The van der Waals surface area contributed by atoms with Crippen LogP contribution in [0, 0.1) is 0 Å². The van der Waals surface area contributed by atoms with Gasteiger partial charge in [0.15, 0.2) is 0 Å². The Morgan fingerprint density at radius 1 is 1.54 bits per heavy atom. The van der Waals surface area contributed by atoms with Gasteiger partial charge in [-0.15, -0.1) is 0 Å². The zero-order valence-electron chi connectivity index (χ0n) is 7.66. The molecule has 0 radical (unpaired) electrons. The molecule has 13 heavy (non-hydrogen) atoms. The third-order valence-electron chi connectivity index (χ3n) is 1.81. The third kappa shape index (κ3) is 4.48. The highest BCUT2D eigenvalue weighted by Crippen LogP contribution is 2.09. The maximum atomic E-state index is 9.88. The Kier molecular flexibility index (Phi) is 4.94. The van der Waals surface area contributed by atoms with Gasteiger partial charge in [0.25, 0.3) is 0 Å². The Hall–Kier alpha value is -1.09. The van der Waals surface area contributed by atoms with Gasteiger partial charge in [0.05, 0.1) is 13.2 Å². The Morgan fingerprint density at radius 2 is 2.46 bits per heavy atom. The number of hydrogen-bond donors (Lipinski definition) is 1. The van der Waals surface area contributed by atoms with Gasteiger partial charge >= 0.3 is 0 Å². The summed E-state index contributed by atoms with van der Waals surface area (Å²) in [6, 6.07) is 0.